The van der Waals surface area contributed by atoms with E-state index in [1.807, 2.05) is 62.4 Å². The topological polar surface area (TPSA) is 73.6 Å². The highest BCUT2D eigenvalue weighted by molar-refractivity contribution is 7.99. The molecule has 0 radical (unpaired) electrons. The molecule has 0 saturated heterocycles. The van der Waals surface area contributed by atoms with Crippen molar-refractivity contribution in [1.29, 1.82) is 0 Å². The number of aryl methyl sites for hydroxylation is 1. The minimum Gasteiger partial charge on any atom is -0.493 e. The van der Waals surface area contributed by atoms with Crippen LogP contribution in [0.1, 0.15) is 30.0 Å². The van der Waals surface area contributed by atoms with E-state index < -0.39 is 0 Å². The van der Waals surface area contributed by atoms with Crippen LogP contribution in [0, 0.1) is 6.92 Å². The van der Waals surface area contributed by atoms with Crippen LogP contribution in [0.5, 0.6) is 11.5 Å². The number of benzene rings is 2. The summed E-state index contributed by atoms with van der Waals surface area (Å²) in [4.78, 5) is 16.9. The van der Waals surface area contributed by atoms with Crippen LogP contribution in [0.3, 0.4) is 0 Å². The van der Waals surface area contributed by atoms with Crippen molar-refractivity contribution in [1.82, 2.24) is 10.3 Å². The lowest BCUT2D eigenvalue weighted by atomic mass is 10.1. The lowest BCUT2D eigenvalue weighted by Crippen LogP contribution is -2.28. The van der Waals surface area contributed by atoms with Gasteiger partial charge in [-0.25, -0.2) is 4.98 Å². The summed E-state index contributed by atoms with van der Waals surface area (Å²) in [5.41, 5.74) is 2.72. The van der Waals surface area contributed by atoms with Gasteiger partial charge in [-0.05, 0) is 37.6 Å². The van der Waals surface area contributed by atoms with Gasteiger partial charge in [0.25, 0.3) is 0 Å². The molecule has 7 heteroatoms. The summed E-state index contributed by atoms with van der Waals surface area (Å²) >= 11 is 1.51. The van der Waals surface area contributed by atoms with Crippen molar-refractivity contribution in [2.24, 2.45) is 0 Å². The fourth-order valence-corrected chi connectivity index (χ4v) is 3.84. The fourth-order valence-electron chi connectivity index (χ4n) is 3.00. The summed E-state index contributed by atoms with van der Waals surface area (Å²) < 4.78 is 16.4. The number of ether oxygens (including phenoxy) is 2. The third-order valence-electron chi connectivity index (χ3n) is 4.67. The van der Waals surface area contributed by atoms with Gasteiger partial charge in [-0.15, -0.1) is 11.8 Å². The minimum atomic E-state index is -0.0234. The molecule has 1 N–H and O–H groups in total. The first-order valence-corrected chi connectivity index (χ1v) is 10.8. The molecule has 1 atom stereocenters. The Morgan fingerprint density at radius 1 is 1.13 bits per heavy atom. The second-order valence-corrected chi connectivity index (χ2v) is 7.77. The average Bonchev–Trinajstić information content (AvgIpc) is 3.14. The highest BCUT2D eigenvalue weighted by Gasteiger charge is 2.15. The molecule has 1 aromatic heterocycles. The van der Waals surface area contributed by atoms with E-state index in [0.717, 1.165) is 22.6 Å². The summed E-state index contributed by atoms with van der Waals surface area (Å²) in [5.74, 6) is 3.47. The summed E-state index contributed by atoms with van der Waals surface area (Å²) in [6, 6.07) is 15.4. The van der Waals surface area contributed by atoms with Gasteiger partial charge < -0.3 is 19.2 Å². The van der Waals surface area contributed by atoms with Gasteiger partial charge in [0.1, 0.15) is 5.76 Å². The third-order valence-corrected chi connectivity index (χ3v) is 5.62. The van der Waals surface area contributed by atoms with Crippen molar-refractivity contribution < 1.29 is 18.7 Å². The number of aromatic nitrogens is 1. The number of methoxy groups -OCH3 is 2. The molecule has 6 nitrogen and oxygen atoms in total. The number of hydrogen-bond donors (Lipinski definition) is 1. The largest absolute Gasteiger partial charge is 0.493 e. The maximum absolute atomic E-state index is 12.3. The number of oxazole rings is 1. The van der Waals surface area contributed by atoms with E-state index in [-0.39, 0.29) is 11.9 Å². The second kappa shape index (κ2) is 10.2. The molecule has 0 bridgehead atoms. The second-order valence-electron chi connectivity index (χ2n) is 6.78. The summed E-state index contributed by atoms with van der Waals surface area (Å²) in [6.45, 7) is 3.86. The molecule has 0 spiro atoms. The van der Waals surface area contributed by atoms with Gasteiger partial charge in [0.2, 0.25) is 11.8 Å². The van der Waals surface area contributed by atoms with Crippen LogP contribution in [0.4, 0.5) is 0 Å². The van der Waals surface area contributed by atoms with Crippen molar-refractivity contribution >= 4 is 17.7 Å². The lowest BCUT2D eigenvalue weighted by molar-refractivity contribution is -0.119. The zero-order valence-electron chi connectivity index (χ0n) is 17.6. The van der Waals surface area contributed by atoms with Gasteiger partial charge in [-0.2, -0.15) is 0 Å². The first kappa shape index (κ1) is 21.8. The lowest BCUT2D eigenvalue weighted by Gasteiger charge is -2.13. The van der Waals surface area contributed by atoms with Crippen LogP contribution in [0.2, 0.25) is 0 Å². The molecule has 2 aromatic carbocycles. The van der Waals surface area contributed by atoms with E-state index in [1.165, 1.54) is 11.8 Å². The van der Waals surface area contributed by atoms with Gasteiger partial charge in [0.05, 0.1) is 31.7 Å². The van der Waals surface area contributed by atoms with Crippen molar-refractivity contribution in [3.8, 4) is 23.0 Å². The molecule has 3 aromatic rings. The quantitative estimate of drug-likeness (QED) is 0.531. The number of rotatable bonds is 9. The molecule has 0 fully saturated rings. The predicted molar refractivity (Wildman–Crippen MR) is 119 cm³/mol. The zero-order valence-corrected chi connectivity index (χ0v) is 18.4. The number of thioether (sulfide) groups is 1. The van der Waals surface area contributed by atoms with Crippen molar-refractivity contribution in [2.75, 3.05) is 20.0 Å². The van der Waals surface area contributed by atoms with E-state index in [9.17, 15) is 4.79 Å². The molecule has 1 heterocycles. The Kier molecular flexibility index (Phi) is 7.41. The Morgan fingerprint density at radius 2 is 1.87 bits per heavy atom. The van der Waals surface area contributed by atoms with Crippen LogP contribution in [0.15, 0.2) is 52.9 Å². The SMILES string of the molecule is COc1ccc(-c2nc(CSCC(=O)N[C@@H](C)c3ccccc3)c(C)o2)cc1OC. The van der Waals surface area contributed by atoms with Crippen LogP contribution < -0.4 is 14.8 Å². The molecule has 30 heavy (non-hydrogen) atoms. The van der Waals surface area contributed by atoms with Gasteiger partial charge >= 0.3 is 0 Å². The molecule has 1 amide bonds. The Hall–Kier alpha value is -2.93. The first-order valence-electron chi connectivity index (χ1n) is 9.62. The molecular formula is C23H26N2O4S. The number of nitrogens with zero attached hydrogens (tertiary/aromatic N) is 1. The summed E-state index contributed by atoms with van der Waals surface area (Å²) in [6.07, 6.45) is 0. The minimum absolute atomic E-state index is 0.00221. The maximum atomic E-state index is 12.3. The number of carbonyl (C=O) groups excluding carboxylic acids is 1. The molecule has 0 aliphatic rings. The van der Waals surface area contributed by atoms with E-state index in [1.54, 1.807) is 14.2 Å². The highest BCUT2D eigenvalue weighted by Crippen LogP contribution is 2.33. The molecule has 0 aliphatic heterocycles. The highest BCUT2D eigenvalue weighted by atomic mass is 32.2. The van der Waals surface area contributed by atoms with Crippen LogP contribution in [-0.4, -0.2) is 30.9 Å². The molecule has 0 unspecified atom stereocenters. The van der Waals surface area contributed by atoms with E-state index in [2.05, 4.69) is 10.3 Å². The Morgan fingerprint density at radius 3 is 2.57 bits per heavy atom. The molecule has 158 valence electrons. The zero-order chi connectivity index (χ0) is 21.5. The van der Waals surface area contributed by atoms with E-state index >= 15 is 0 Å². The normalized spacial score (nSPS) is 11.7. The molecular weight excluding hydrogens is 400 g/mol. The van der Waals surface area contributed by atoms with Crippen molar-refractivity contribution in [3.05, 3.63) is 65.5 Å². The molecule has 0 saturated carbocycles. The van der Waals surface area contributed by atoms with Crippen molar-refractivity contribution in [3.63, 3.8) is 0 Å². The van der Waals surface area contributed by atoms with Crippen LogP contribution in [0.25, 0.3) is 11.5 Å². The standard InChI is InChI=1S/C23H26N2O4S/c1-15(17-8-6-5-7-9-17)24-22(26)14-30-13-19-16(2)29-23(25-19)18-10-11-20(27-3)21(12-18)28-4/h5-12,15H,13-14H2,1-4H3,(H,24,26)/t15-/m0/s1. The van der Waals surface area contributed by atoms with Gasteiger partial charge in [0, 0.05) is 11.3 Å². The Balaban J connectivity index is 1.57. The van der Waals surface area contributed by atoms with Crippen LogP contribution >= 0.6 is 11.8 Å². The summed E-state index contributed by atoms with van der Waals surface area (Å²) in [7, 11) is 3.19. The van der Waals surface area contributed by atoms with Gasteiger partial charge in [-0.1, -0.05) is 30.3 Å². The van der Waals surface area contributed by atoms with E-state index in [4.69, 9.17) is 13.9 Å². The summed E-state index contributed by atoms with van der Waals surface area (Å²) in [5, 5.41) is 3.02. The Bertz CT molecular complexity index is 988. The smallest absolute Gasteiger partial charge is 0.230 e. The third kappa shape index (κ3) is 5.36. The van der Waals surface area contributed by atoms with Gasteiger partial charge in [0.15, 0.2) is 11.5 Å². The monoisotopic (exact) mass is 426 g/mol. The Labute approximate surface area is 181 Å². The fraction of sp³-hybridized carbons (Fsp3) is 0.304. The van der Waals surface area contributed by atoms with Gasteiger partial charge in [-0.3, -0.25) is 4.79 Å². The number of carbonyl (C=O) groups is 1. The van der Waals surface area contributed by atoms with Crippen molar-refractivity contribution in [2.45, 2.75) is 25.6 Å². The predicted octanol–water partition coefficient (Wildman–Crippen LogP) is 4.78. The number of amides is 1. The van der Waals surface area contributed by atoms with Crippen LogP contribution in [-0.2, 0) is 10.5 Å². The van der Waals surface area contributed by atoms with E-state index in [0.29, 0.717) is 28.9 Å². The molecule has 0 aliphatic carbocycles. The average molecular weight is 427 g/mol. The molecule has 3 rings (SSSR count). The number of nitrogens with one attached hydrogen (secondary N) is 1. The number of hydrogen-bond acceptors (Lipinski definition) is 6. The first-order chi connectivity index (χ1) is 14.5. The maximum Gasteiger partial charge on any atom is 0.230 e.